The van der Waals surface area contributed by atoms with Crippen molar-refractivity contribution in [2.24, 2.45) is 5.41 Å². The predicted molar refractivity (Wildman–Crippen MR) is 78.6 cm³/mol. The molecule has 0 aliphatic heterocycles. The Morgan fingerprint density at radius 3 is 2.65 bits per heavy atom. The first-order chi connectivity index (χ1) is 9.71. The van der Waals surface area contributed by atoms with Gasteiger partial charge in [-0.2, -0.15) is 0 Å². The van der Waals surface area contributed by atoms with Crippen molar-refractivity contribution in [3.05, 3.63) is 34.9 Å². The van der Waals surface area contributed by atoms with Crippen LogP contribution in [0, 0.1) is 5.41 Å². The number of aliphatic hydroxyl groups is 1. The molecule has 0 bridgehead atoms. The van der Waals surface area contributed by atoms with Gasteiger partial charge in [0.25, 0.3) is 0 Å². The van der Waals surface area contributed by atoms with Crippen LogP contribution in [-0.2, 0) is 24.1 Å². The van der Waals surface area contributed by atoms with Gasteiger partial charge in [0.05, 0.1) is 13.0 Å². The molecule has 0 heterocycles. The van der Waals surface area contributed by atoms with Crippen molar-refractivity contribution in [1.82, 2.24) is 5.32 Å². The Morgan fingerprint density at radius 1 is 1.20 bits per heavy atom. The van der Waals surface area contributed by atoms with Gasteiger partial charge in [-0.3, -0.25) is 4.79 Å². The van der Waals surface area contributed by atoms with E-state index in [-0.39, 0.29) is 17.9 Å². The van der Waals surface area contributed by atoms with Gasteiger partial charge in [-0.05, 0) is 55.2 Å². The molecule has 2 N–H and O–H groups in total. The molecule has 3 nitrogen and oxygen atoms in total. The summed E-state index contributed by atoms with van der Waals surface area (Å²) in [5, 5.41) is 12.2. The standard InChI is InChI=1S/C17H23NO2/c19-12-17(7-8-17)11-18-16(20)10-13-5-6-14-3-1-2-4-15(14)9-13/h5-6,9,19H,1-4,7-8,10-12H2,(H,18,20). The van der Waals surface area contributed by atoms with E-state index in [1.54, 1.807) is 0 Å². The van der Waals surface area contributed by atoms with Gasteiger partial charge >= 0.3 is 0 Å². The van der Waals surface area contributed by atoms with Crippen LogP contribution in [0.25, 0.3) is 0 Å². The van der Waals surface area contributed by atoms with E-state index in [9.17, 15) is 9.90 Å². The SMILES string of the molecule is O=C(Cc1ccc2c(c1)CCCC2)NCC1(CO)CC1. The predicted octanol–water partition coefficient (Wildman–Crippen LogP) is 2.00. The minimum atomic E-state index is -0.00842. The molecule has 20 heavy (non-hydrogen) atoms. The molecule has 1 aromatic rings. The fourth-order valence-corrected chi connectivity index (χ4v) is 3.00. The third-order valence-electron chi connectivity index (χ3n) is 4.73. The maximum Gasteiger partial charge on any atom is 0.224 e. The summed E-state index contributed by atoms with van der Waals surface area (Å²) in [5.41, 5.74) is 3.98. The summed E-state index contributed by atoms with van der Waals surface area (Å²) in [6, 6.07) is 6.48. The summed E-state index contributed by atoms with van der Waals surface area (Å²) in [5.74, 6) is 0.0699. The molecule has 3 heteroatoms. The van der Waals surface area contributed by atoms with Gasteiger partial charge in [0.1, 0.15) is 0 Å². The lowest BCUT2D eigenvalue weighted by molar-refractivity contribution is -0.120. The Kier molecular flexibility index (Phi) is 3.79. The number of fused-ring (bicyclic) bond motifs is 1. The zero-order valence-electron chi connectivity index (χ0n) is 12.0. The van der Waals surface area contributed by atoms with E-state index in [2.05, 4.69) is 23.5 Å². The first-order valence-electron chi connectivity index (χ1n) is 7.69. The van der Waals surface area contributed by atoms with Crippen molar-refractivity contribution in [3.8, 4) is 0 Å². The van der Waals surface area contributed by atoms with E-state index in [0.29, 0.717) is 13.0 Å². The van der Waals surface area contributed by atoms with Crippen molar-refractivity contribution in [2.75, 3.05) is 13.2 Å². The van der Waals surface area contributed by atoms with Crippen molar-refractivity contribution in [2.45, 2.75) is 44.9 Å². The Hall–Kier alpha value is -1.35. The average Bonchev–Trinajstić information content (AvgIpc) is 3.26. The maximum absolute atomic E-state index is 12.0. The van der Waals surface area contributed by atoms with Crippen LogP contribution in [0.2, 0.25) is 0 Å². The largest absolute Gasteiger partial charge is 0.396 e. The number of rotatable bonds is 5. The zero-order chi connectivity index (χ0) is 14.0. The quantitative estimate of drug-likeness (QED) is 0.862. The van der Waals surface area contributed by atoms with Crippen LogP contribution < -0.4 is 5.32 Å². The van der Waals surface area contributed by atoms with E-state index >= 15 is 0 Å². The molecule has 0 radical (unpaired) electrons. The Morgan fingerprint density at radius 2 is 1.95 bits per heavy atom. The lowest BCUT2D eigenvalue weighted by Gasteiger charge is -2.17. The number of hydrogen-bond acceptors (Lipinski definition) is 2. The Bertz CT molecular complexity index is 506. The van der Waals surface area contributed by atoms with Crippen LogP contribution in [0.4, 0.5) is 0 Å². The monoisotopic (exact) mass is 273 g/mol. The normalized spacial score (nSPS) is 19.2. The number of aliphatic hydroxyl groups excluding tert-OH is 1. The van der Waals surface area contributed by atoms with Gasteiger partial charge in [-0.15, -0.1) is 0 Å². The number of carbonyl (C=O) groups excluding carboxylic acids is 1. The minimum absolute atomic E-state index is 0.00842. The van der Waals surface area contributed by atoms with Gasteiger partial charge in [0, 0.05) is 12.0 Å². The van der Waals surface area contributed by atoms with Crippen LogP contribution in [-0.4, -0.2) is 24.2 Å². The van der Waals surface area contributed by atoms with E-state index in [1.807, 2.05) is 0 Å². The van der Waals surface area contributed by atoms with Crippen molar-refractivity contribution >= 4 is 5.91 Å². The fourth-order valence-electron chi connectivity index (χ4n) is 3.00. The molecule has 108 valence electrons. The van der Waals surface area contributed by atoms with Gasteiger partial charge < -0.3 is 10.4 Å². The molecule has 0 saturated heterocycles. The van der Waals surface area contributed by atoms with Crippen molar-refractivity contribution in [1.29, 1.82) is 0 Å². The minimum Gasteiger partial charge on any atom is -0.396 e. The molecule has 0 atom stereocenters. The summed E-state index contributed by atoms with van der Waals surface area (Å²) in [7, 11) is 0. The second-order valence-electron chi connectivity index (χ2n) is 6.42. The molecule has 1 fully saturated rings. The van der Waals surface area contributed by atoms with E-state index in [4.69, 9.17) is 0 Å². The van der Waals surface area contributed by atoms with Gasteiger partial charge in [-0.25, -0.2) is 0 Å². The number of benzene rings is 1. The highest BCUT2D eigenvalue weighted by molar-refractivity contribution is 5.78. The molecule has 1 aromatic carbocycles. The number of amides is 1. The molecular formula is C17H23NO2. The third-order valence-corrected chi connectivity index (χ3v) is 4.73. The summed E-state index contributed by atoms with van der Waals surface area (Å²) in [6.45, 7) is 0.805. The van der Waals surface area contributed by atoms with Crippen LogP contribution in [0.3, 0.4) is 0 Å². The van der Waals surface area contributed by atoms with E-state index in [1.165, 1.54) is 30.4 Å². The Balaban J connectivity index is 1.56. The Labute approximate surface area is 120 Å². The molecule has 1 saturated carbocycles. The lowest BCUT2D eigenvalue weighted by Crippen LogP contribution is -2.32. The second kappa shape index (κ2) is 5.57. The molecular weight excluding hydrogens is 250 g/mol. The smallest absolute Gasteiger partial charge is 0.224 e. The molecule has 0 aromatic heterocycles. The first kappa shape index (κ1) is 13.6. The number of hydrogen-bond donors (Lipinski definition) is 2. The number of nitrogens with one attached hydrogen (secondary N) is 1. The zero-order valence-corrected chi connectivity index (χ0v) is 12.0. The first-order valence-corrected chi connectivity index (χ1v) is 7.69. The fraction of sp³-hybridized carbons (Fsp3) is 0.588. The third kappa shape index (κ3) is 3.04. The maximum atomic E-state index is 12.0. The van der Waals surface area contributed by atoms with E-state index < -0.39 is 0 Å². The summed E-state index contributed by atoms with van der Waals surface area (Å²) in [6.07, 6.45) is 7.40. The molecule has 0 spiro atoms. The molecule has 0 unspecified atom stereocenters. The van der Waals surface area contributed by atoms with Crippen molar-refractivity contribution < 1.29 is 9.90 Å². The average molecular weight is 273 g/mol. The van der Waals surface area contributed by atoms with Crippen LogP contribution in [0.5, 0.6) is 0 Å². The highest BCUT2D eigenvalue weighted by Gasteiger charge is 2.41. The molecule has 2 aliphatic rings. The van der Waals surface area contributed by atoms with Crippen LogP contribution >= 0.6 is 0 Å². The highest BCUT2D eigenvalue weighted by atomic mass is 16.3. The summed E-state index contributed by atoms with van der Waals surface area (Å²) < 4.78 is 0. The molecule has 1 amide bonds. The number of aryl methyl sites for hydroxylation is 2. The molecule has 3 rings (SSSR count). The highest BCUT2D eigenvalue weighted by Crippen LogP contribution is 2.44. The van der Waals surface area contributed by atoms with Gasteiger partial charge in [0.15, 0.2) is 0 Å². The lowest BCUT2D eigenvalue weighted by atomic mass is 9.90. The topological polar surface area (TPSA) is 49.3 Å². The van der Waals surface area contributed by atoms with Gasteiger partial charge in [-0.1, -0.05) is 18.2 Å². The summed E-state index contributed by atoms with van der Waals surface area (Å²) in [4.78, 5) is 12.0. The van der Waals surface area contributed by atoms with Crippen molar-refractivity contribution in [3.63, 3.8) is 0 Å². The van der Waals surface area contributed by atoms with Gasteiger partial charge in [0.2, 0.25) is 5.91 Å². The molecule has 2 aliphatic carbocycles. The summed E-state index contributed by atoms with van der Waals surface area (Å²) >= 11 is 0. The van der Waals surface area contributed by atoms with E-state index in [0.717, 1.165) is 24.8 Å². The second-order valence-corrected chi connectivity index (χ2v) is 6.42. The number of carbonyl (C=O) groups is 1. The van der Waals surface area contributed by atoms with Crippen LogP contribution in [0.1, 0.15) is 42.4 Å². The van der Waals surface area contributed by atoms with Crippen LogP contribution in [0.15, 0.2) is 18.2 Å².